The zero-order valence-electron chi connectivity index (χ0n) is 9.22. The van der Waals surface area contributed by atoms with E-state index in [0.29, 0.717) is 0 Å². The van der Waals surface area contributed by atoms with Gasteiger partial charge >= 0.3 is 0 Å². The van der Waals surface area contributed by atoms with Crippen LogP contribution in [0, 0.1) is 6.92 Å². The highest BCUT2D eigenvalue weighted by molar-refractivity contribution is 6.76. The first-order valence-corrected chi connectivity index (χ1v) is 8.37. The van der Waals surface area contributed by atoms with Crippen molar-refractivity contribution >= 4 is 8.07 Å². The maximum Gasteiger partial charge on any atom is 0.0480 e. The number of aryl methyl sites for hydroxylation is 1. The summed E-state index contributed by atoms with van der Waals surface area (Å²) in [5.74, 6) is 0. The molecule has 2 heteroatoms. The number of hydrogen-bond donors (Lipinski definition) is 1. The Hall–Kier alpha value is -0.763. The molecule has 1 heterocycles. The van der Waals surface area contributed by atoms with Gasteiger partial charge in [0.1, 0.15) is 0 Å². The molecule has 0 saturated carbocycles. The molecule has 13 heavy (non-hydrogen) atoms. The van der Waals surface area contributed by atoms with E-state index in [9.17, 15) is 0 Å². The molecular formula is C11H21NSi. The van der Waals surface area contributed by atoms with Crippen LogP contribution in [0.2, 0.25) is 25.7 Å². The topological polar surface area (TPSA) is 15.8 Å². The van der Waals surface area contributed by atoms with Gasteiger partial charge in [0.05, 0.1) is 0 Å². The molecule has 1 N–H and O–H groups in total. The van der Waals surface area contributed by atoms with Gasteiger partial charge in [-0.3, -0.25) is 0 Å². The maximum absolute atomic E-state index is 3.68. The normalized spacial score (nSPS) is 10.2. The predicted octanol–water partition coefficient (Wildman–Crippen LogP) is 3.83. The van der Waals surface area contributed by atoms with Crippen molar-refractivity contribution in [2.75, 3.05) is 0 Å². The summed E-state index contributed by atoms with van der Waals surface area (Å²) in [5, 5.41) is 0. The third-order valence-electron chi connectivity index (χ3n) is 1.51. The fourth-order valence-corrected chi connectivity index (χ4v) is 1.72. The summed E-state index contributed by atoms with van der Waals surface area (Å²) in [6.45, 7) is 12.7. The van der Waals surface area contributed by atoms with E-state index in [1.54, 1.807) is 0 Å². The molecule has 0 amide bonds. The number of nitrogens with one attached hydrogen (secondary N) is 1. The number of allylic oxidation sites excluding steroid dienone is 1. The number of aromatic amines is 1. The molecule has 74 valence electrons. The third-order valence-corrected chi connectivity index (χ3v) is 3.02. The number of hydrogen-bond acceptors (Lipinski definition) is 0. The van der Waals surface area contributed by atoms with Gasteiger partial charge in [-0.15, -0.1) is 6.58 Å². The molecule has 1 rings (SSSR count). The second-order valence-electron chi connectivity index (χ2n) is 4.41. The Balaban J connectivity index is 0.000000223. The molecule has 1 aromatic rings. The average Bonchev–Trinajstić information content (AvgIpc) is 2.38. The molecular weight excluding hydrogens is 174 g/mol. The van der Waals surface area contributed by atoms with Crippen LogP contribution < -0.4 is 0 Å². The lowest BCUT2D eigenvalue weighted by Gasteiger charge is -2.10. The van der Waals surface area contributed by atoms with Crippen molar-refractivity contribution in [3.05, 3.63) is 36.7 Å². The minimum Gasteiger partial charge on any atom is -0.365 e. The van der Waals surface area contributed by atoms with E-state index in [0.717, 1.165) is 0 Å². The molecule has 0 spiro atoms. The van der Waals surface area contributed by atoms with E-state index in [-0.39, 0.29) is 0 Å². The van der Waals surface area contributed by atoms with Crippen molar-refractivity contribution in [1.82, 2.24) is 4.98 Å². The molecule has 0 unspecified atom stereocenters. The Labute approximate surface area is 82.9 Å². The van der Waals surface area contributed by atoms with Gasteiger partial charge in [-0.1, -0.05) is 25.7 Å². The largest absolute Gasteiger partial charge is 0.365 e. The maximum atomic E-state index is 3.68. The van der Waals surface area contributed by atoms with Gasteiger partial charge in [-0.2, -0.15) is 0 Å². The molecule has 0 aliphatic heterocycles. The second kappa shape index (κ2) is 5.81. The van der Waals surface area contributed by atoms with E-state index in [1.807, 2.05) is 31.3 Å². The highest BCUT2D eigenvalue weighted by Gasteiger charge is 2.08. The van der Waals surface area contributed by atoms with Crippen LogP contribution in [0.3, 0.4) is 0 Å². The summed E-state index contributed by atoms with van der Waals surface area (Å²) in [7, 11) is -0.775. The second-order valence-corrected chi connectivity index (χ2v) is 9.94. The fraction of sp³-hybridized carbons (Fsp3) is 0.455. The van der Waals surface area contributed by atoms with Crippen LogP contribution in [0.25, 0.3) is 0 Å². The summed E-state index contributed by atoms with van der Waals surface area (Å²) in [4.78, 5) is 3.00. The smallest absolute Gasteiger partial charge is 0.0480 e. The summed E-state index contributed by atoms with van der Waals surface area (Å²) < 4.78 is 0. The first-order chi connectivity index (χ1) is 5.95. The number of rotatable bonds is 2. The molecule has 1 nitrogen and oxygen atoms in total. The first-order valence-electron chi connectivity index (χ1n) is 4.66. The van der Waals surface area contributed by atoms with Crippen molar-refractivity contribution in [3.8, 4) is 0 Å². The minimum atomic E-state index is -0.775. The summed E-state index contributed by atoms with van der Waals surface area (Å²) in [6, 6.07) is 5.25. The van der Waals surface area contributed by atoms with Crippen molar-refractivity contribution < 1.29 is 0 Å². The lowest BCUT2D eigenvalue weighted by Crippen LogP contribution is -2.16. The lowest BCUT2D eigenvalue weighted by molar-refractivity contribution is 1.27. The Kier molecular flexibility index (Phi) is 5.47. The van der Waals surface area contributed by atoms with Crippen LogP contribution in [-0.4, -0.2) is 13.1 Å². The average molecular weight is 195 g/mol. The molecule has 0 fully saturated rings. The summed E-state index contributed by atoms with van der Waals surface area (Å²) in [5.41, 5.74) is 1.22. The van der Waals surface area contributed by atoms with Gasteiger partial charge in [0, 0.05) is 20.0 Å². The van der Waals surface area contributed by atoms with E-state index < -0.39 is 8.07 Å². The van der Waals surface area contributed by atoms with Crippen LogP contribution in [0.1, 0.15) is 5.69 Å². The predicted molar refractivity (Wildman–Crippen MR) is 63.9 cm³/mol. The Bertz CT molecular complexity index is 219. The van der Waals surface area contributed by atoms with Crippen molar-refractivity contribution in [1.29, 1.82) is 0 Å². The summed E-state index contributed by atoms with van der Waals surface area (Å²) >= 11 is 0. The van der Waals surface area contributed by atoms with E-state index in [4.69, 9.17) is 0 Å². The Morgan fingerprint density at radius 2 is 2.08 bits per heavy atom. The Morgan fingerprint density at radius 1 is 1.46 bits per heavy atom. The van der Waals surface area contributed by atoms with Crippen molar-refractivity contribution in [3.63, 3.8) is 0 Å². The number of H-pyrrole nitrogens is 1. The van der Waals surface area contributed by atoms with E-state index >= 15 is 0 Å². The molecule has 0 aliphatic rings. The zero-order valence-corrected chi connectivity index (χ0v) is 10.2. The molecule has 1 aromatic heterocycles. The monoisotopic (exact) mass is 195 g/mol. The van der Waals surface area contributed by atoms with Crippen molar-refractivity contribution in [2.45, 2.75) is 32.6 Å². The molecule has 0 saturated heterocycles. The fourth-order valence-electron chi connectivity index (χ4n) is 0.853. The third kappa shape index (κ3) is 9.15. The van der Waals surface area contributed by atoms with Crippen LogP contribution in [0.4, 0.5) is 0 Å². The lowest BCUT2D eigenvalue weighted by atomic mass is 10.5. The molecule has 0 aliphatic carbocycles. The van der Waals surface area contributed by atoms with Crippen LogP contribution in [0.5, 0.6) is 0 Å². The van der Waals surface area contributed by atoms with Gasteiger partial charge in [0.2, 0.25) is 0 Å². The van der Waals surface area contributed by atoms with Gasteiger partial charge in [0.15, 0.2) is 0 Å². The van der Waals surface area contributed by atoms with Crippen LogP contribution in [0.15, 0.2) is 31.0 Å². The SMILES string of the molecule is C=CC[Si](C)(C)C.Cc1ccc[nH]1. The highest BCUT2D eigenvalue weighted by atomic mass is 28.3. The molecule has 0 bridgehead atoms. The van der Waals surface area contributed by atoms with E-state index in [1.165, 1.54) is 11.7 Å². The standard InChI is InChI=1S/C6H14Si.C5H7N/c1-5-6-7(2,3)4;1-5-3-2-4-6-5/h5H,1,6H2,2-4H3;2-4,6H,1H3. The van der Waals surface area contributed by atoms with Gasteiger partial charge in [0.25, 0.3) is 0 Å². The zero-order chi connectivity index (χ0) is 10.3. The van der Waals surface area contributed by atoms with Gasteiger partial charge in [-0.05, 0) is 25.1 Å². The van der Waals surface area contributed by atoms with E-state index in [2.05, 4.69) is 31.2 Å². The molecule has 0 radical (unpaired) electrons. The van der Waals surface area contributed by atoms with Gasteiger partial charge < -0.3 is 4.98 Å². The van der Waals surface area contributed by atoms with Crippen molar-refractivity contribution in [2.24, 2.45) is 0 Å². The Morgan fingerprint density at radius 3 is 2.15 bits per heavy atom. The number of aromatic nitrogens is 1. The molecule has 0 aromatic carbocycles. The summed E-state index contributed by atoms with van der Waals surface area (Å²) in [6.07, 6.45) is 3.93. The molecule has 0 atom stereocenters. The van der Waals surface area contributed by atoms with Crippen LogP contribution in [-0.2, 0) is 0 Å². The highest BCUT2D eigenvalue weighted by Crippen LogP contribution is 2.06. The quantitative estimate of drug-likeness (QED) is 0.545. The van der Waals surface area contributed by atoms with Gasteiger partial charge in [-0.25, -0.2) is 0 Å². The first kappa shape index (κ1) is 12.2. The van der Waals surface area contributed by atoms with Crippen LogP contribution >= 0.6 is 0 Å². The minimum absolute atomic E-state index is 0.775.